The number of nitrogens with zero attached hydrogens (tertiary/aromatic N) is 2. The largest absolute Gasteiger partial charge is 1.00 e. The Labute approximate surface area is 254 Å². The predicted molar refractivity (Wildman–Crippen MR) is 147 cm³/mol. The Morgan fingerprint density at radius 1 is 0.500 bits per heavy atom. The predicted octanol–water partition coefficient (Wildman–Crippen LogP) is 2.31. The maximum absolute atomic E-state index is 2.58. The average Bonchev–Trinajstić information content (AvgIpc) is 3.14. The summed E-state index contributed by atoms with van der Waals surface area (Å²) in [6.45, 7) is 16.4. The number of fused-ring (bicyclic) bond motifs is 2. The molecule has 0 aliphatic carbocycles. The normalized spacial score (nSPS) is 16.9. The summed E-state index contributed by atoms with van der Waals surface area (Å²) in [6, 6.07) is 17.9. The summed E-state index contributed by atoms with van der Waals surface area (Å²) in [5, 5.41) is 0. The average molecular weight is 713 g/mol. The maximum atomic E-state index is 2.58. The van der Waals surface area contributed by atoms with Crippen LogP contribution in [0.25, 0.3) is 0 Å². The lowest BCUT2D eigenvalue weighted by Gasteiger charge is -2.14. The molecule has 0 unspecified atom stereocenters. The van der Waals surface area contributed by atoms with Crippen molar-refractivity contribution in [1.29, 1.82) is 0 Å². The molecule has 0 saturated carbocycles. The number of para-hydroxylation sites is 2. The minimum Gasteiger partial charge on any atom is -1.00 e. The van der Waals surface area contributed by atoms with Crippen LogP contribution in [-0.4, -0.2) is 33.7 Å². The van der Waals surface area contributed by atoms with Gasteiger partial charge in [-0.2, -0.15) is 9.15 Å². The lowest BCUT2D eigenvalue weighted by atomic mass is 9.82. The van der Waals surface area contributed by atoms with Gasteiger partial charge in [-0.1, -0.05) is 62.1 Å². The zero-order valence-electron chi connectivity index (χ0n) is 23.3. The van der Waals surface area contributed by atoms with E-state index in [0.717, 1.165) is 13.1 Å². The maximum Gasteiger partial charge on any atom is 0.209 e. The van der Waals surface area contributed by atoms with Crippen LogP contribution in [0.5, 0.6) is 0 Å². The zero-order valence-corrected chi connectivity index (χ0v) is 27.7. The quantitative estimate of drug-likeness (QED) is 0.192. The first-order valence-corrected chi connectivity index (χ1v) is 13.7. The zero-order chi connectivity index (χ0) is 24.3. The lowest BCUT2D eigenvalue weighted by Crippen LogP contribution is -3.00. The third-order valence-corrected chi connectivity index (χ3v) is 8.87. The van der Waals surface area contributed by atoms with Crippen molar-refractivity contribution in [3.8, 4) is 0 Å². The molecule has 0 aromatic heterocycles. The van der Waals surface area contributed by atoms with Crippen LogP contribution in [0.1, 0.15) is 104 Å². The fourth-order valence-corrected chi connectivity index (χ4v) is 6.08. The van der Waals surface area contributed by atoms with Gasteiger partial charge >= 0.3 is 0 Å². The molecule has 36 heavy (non-hydrogen) atoms. The minimum atomic E-state index is 0. The van der Waals surface area contributed by atoms with E-state index in [0.29, 0.717) is 0 Å². The van der Waals surface area contributed by atoms with Crippen LogP contribution in [0.3, 0.4) is 0 Å². The second-order valence-electron chi connectivity index (χ2n) is 11.6. The number of rotatable bonds is 11. The van der Waals surface area contributed by atoms with Gasteiger partial charge in [0.05, 0.1) is 10.8 Å². The summed E-state index contributed by atoms with van der Waals surface area (Å²) < 4.78 is 5.15. The van der Waals surface area contributed by atoms with Crippen molar-refractivity contribution in [2.45, 2.75) is 104 Å². The van der Waals surface area contributed by atoms with Crippen LogP contribution in [0.2, 0.25) is 0 Å². The molecule has 2 aromatic rings. The first kappa shape index (κ1) is 31.5. The molecule has 2 aliphatic rings. The molecule has 2 aliphatic heterocycles. The van der Waals surface area contributed by atoms with Crippen LogP contribution in [0.4, 0.5) is 11.4 Å². The smallest absolute Gasteiger partial charge is 0.209 e. The summed E-state index contributed by atoms with van der Waals surface area (Å²) in [6.07, 6.45) is 10.8. The molecule has 0 N–H and O–H groups in total. The Bertz CT molecular complexity index is 1010. The van der Waals surface area contributed by atoms with Gasteiger partial charge < -0.3 is 48.0 Å². The van der Waals surface area contributed by atoms with Gasteiger partial charge in [-0.25, -0.2) is 0 Å². The van der Waals surface area contributed by atoms with Gasteiger partial charge in [0.15, 0.2) is 11.4 Å². The van der Waals surface area contributed by atoms with Crippen molar-refractivity contribution in [2.75, 3.05) is 13.1 Å². The summed E-state index contributed by atoms with van der Waals surface area (Å²) >= 11 is 0. The molecule has 4 rings (SSSR count). The highest BCUT2D eigenvalue weighted by atomic mass is 127. The molecule has 0 bridgehead atoms. The SMILES string of the molecule is CC1=[N+](CCCCCCCCCC[N+]2=C(C)C(C)(C)c3ccccc32)c2ccccc2C1(C)C.[I-].[I-]. The topological polar surface area (TPSA) is 6.02 Å². The third-order valence-electron chi connectivity index (χ3n) is 8.87. The highest BCUT2D eigenvalue weighted by Gasteiger charge is 2.43. The molecule has 2 nitrogen and oxygen atoms in total. The van der Waals surface area contributed by atoms with Crippen LogP contribution < -0.4 is 48.0 Å². The van der Waals surface area contributed by atoms with Crippen LogP contribution in [-0.2, 0) is 10.8 Å². The van der Waals surface area contributed by atoms with Gasteiger partial charge in [-0.05, 0) is 40.5 Å². The highest BCUT2D eigenvalue weighted by Crippen LogP contribution is 2.40. The Balaban J connectivity index is 0.00000228. The van der Waals surface area contributed by atoms with E-state index in [1.807, 2.05) is 0 Å². The molecule has 2 heterocycles. The standard InChI is InChI=1S/C32H46N2.2HI/c1-25-31(3,4)27-19-13-15-21-29(27)33(25)23-17-11-9-7-8-10-12-18-24-34-26(2)32(5,6)28-20-14-16-22-30(28)34;;/h13-16,19-22H,7-12,17-18,23-24H2,1-6H3;2*1H/q+2;;/p-2. The van der Waals surface area contributed by atoms with Gasteiger partial charge in [0.1, 0.15) is 13.1 Å². The molecular weight excluding hydrogens is 666 g/mol. The van der Waals surface area contributed by atoms with E-state index in [9.17, 15) is 0 Å². The Morgan fingerprint density at radius 3 is 1.17 bits per heavy atom. The fraction of sp³-hybridized carbons (Fsp3) is 0.562. The van der Waals surface area contributed by atoms with E-state index in [-0.39, 0.29) is 58.8 Å². The first-order valence-electron chi connectivity index (χ1n) is 13.7. The van der Waals surface area contributed by atoms with E-state index >= 15 is 0 Å². The van der Waals surface area contributed by atoms with Crippen molar-refractivity contribution in [1.82, 2.24) is 0 Å². The number of benzene rings is 2. The van der Waals surface area contributed by atoms with Gasteiger partial charge in [0, 0.05) is 49.9 Å². The Kier molecular flexibility index (Phi) is 11.7. The van der Waals surface area contributed by atoms with Crippen molar-refractivity contribution >= 4 is 22.8 Å². The second kappa shape index (κ2) is 13.3. The van der Waals surface area contributed by atoms with Crippen LogP contribution >= 0.6 is 0 Å². The summed E-state index contributed by atoms with van der Waals surface area (Å²) in [7, 11) is 0. The van der Waals surface area contributed by atoms with Crippen LogP contribution in [0.15, 0.2) is 48.5 Å². The van der Waals surface area contributed by atoms with E-state index in [2.05, 4.69) is 99.2 Å². The van der Waals surface area contributed by atoms with Crippen molar-refractivity contribution in [3.05, 3.63) is 59.7 Å². The van der Waals surface area contributed by atoms with Gasteiger partial charge in [-0.15, -0.1) is 0 Å². The van der Waals surface area contributed by atoms with Gasteiger partial charge in [0.25, 0.3) is 0 Å². The summed E-state index contributed by atoms with van der Waals surface area (Å²) in [5.41, 5.74) is 9.18. The molecule has 0 radical (unpaired) electrons. The minimum absolute atomic E-state index is 0. The van der Waals surface area contributed by atoms with E-state index < -0.39 is 0 Å². The molecule has 2 aromatic carbocycles. The van der Waals surface area contributed by atoms with Crippen molar-refractivity contribution < 1.29 is 57.1 Å². The molecule has 0 fully saturated rings. The molecule has 0 amide bonds. The third kappa shape index (κ3) is 6.27. The Hall–Kier alpha value is -0.760. The highest BCUT2D eigenvalue weighted by molar-refractivity contribution is 5.93. The number of halogens is 2. The van der Waals surface area contributed by atoms with E-state index in [1.165, 1.54) is 85.3 Å². The molecule has 4 heteroatoms. The lowest BCUT2D eigenvalue weighted by molar-refractivity contribution is -0.440. The molecule has 0 atom stereocenters. The fourth-order valence-electron chi connectivity index (χ4n) is 6.08. The van der Waals surface area contributed by atoms with Crippen LogP contribution in [0, 0.1) is 0 Å². The Morgan fingerprint density at radius 2 is 0.806 bits per heavy atom. The molecule has 0 spiro atoms. The molecular formula is C32H46I2N2. The number of hydrogen-bond donors (Lipinski definition) is 0. The number of hydrogen-bond acceptors (Lipinski definition) is 0. The summed E-state index contributed by atoms with van der Waals surface area (Å²) in [4.78, 5) is 0. The van der Waals surface area contributed by atoms with Crippen molar-refractivity contribution in [2.24, 2.45) is 0 Å². The monoisotopic (exact) mass is 712 g/mol. The van der Waals surface area contributed by atoms with E-state index in [4.69, 9.17) is 0 Å². The van der Waals surface area contributed by atoms with Crippen molar-refractivity contribution in [3.63, 3.8) is 0 Å². The first-order chi connectivity index (χ1) is 16.3. The molecule has 198 valence electrons. The molecule has 0 saturated heterocycles. The van der Waals surface area contributed by atoms with E-state index in [1.54, 1.807) is 0 Å². The second-order valence-corrected chi connectivity index (χ2v) is 11.6. The summed E-state index contributed by atoms with van der Waals surface area (Å²) in [5.74, 6) is 0. The number of unbranched alkanes of at least 4 members (excludes halogenated alkanes) is 7. The van der Waals surface area contributed by atoms with Gasteiger partial charge in [-0.3, -0.25) is 0 Å². The van der Waals surface area contributed by atoms with Gasteiger partial charge in [0.2, 0.25) is 11.4 Å².